The maximum atomic E-state index is 12.6. The molecule has 1 aromatic heterocycles. The Hall–Kier alpha value is -4.11. The van der Waals surface area contributed by atoms with Gasteiger partial charge in [0.05, 0.1) is 30.7 Å². The summed E-state index contributed by atoms with van der Waals surface area (Å²) in [4.78, 5) is 38.1. The highest BCUT2D eigenvalue weighted by Crippen LogP contribution is 2.29. The van der Waals surface area contributed by atoms with E-state index in [9.17, 15) is 14.4 Å². The highest BCUT2D eigenvalue weighted by Gasteiger charge is 2.27. The first-order chi connectivity index (χ1) is 16.9. The van der Waals surface area contributed by atoms with Gasteiger partial charge < -0.3 is 14.8 Å². The Morgan fingerprint density at radius 1 is 1.20 bits per heavy atom. The molecule has 0 atom stereocenters. The molecule has 1 aliphatic heterocycles. The van der Waals surface area contributed by atoms with Crippen LogP contribution in [0, 0.1) is 6.92 Å². The van der Waals surface area contributed by atoms with Crippen molar-refractivity contribution in [2.75, 3.05) is 30.5 Å². The summed E-state index contributed by atoms with van der Waals surface area (Å²) < 4.78 is 12.0. The van der Waals surface area contributed by atoms with Gasteiger partial charge in [-0.1, -0.05) is 35.9 Å². The molecule has 0 radical (unpaired) electrons. The molecule has 0 spiro atoms. The van der Waals surface area contributed by atoms with Crippen LogP contribution in [-0.4, -0.2) is 47.8 Å². The van der Waals surface area contributed by atoms with Crippen LogP contribution < -0.4 is 15.0 Å². The van der Waals surface area contributed by atoms with Gasteiger partial charge in [-0.15, -0.1) is 0 Å². The number of anilines is 2. The van der Waals surface area contributed by atoms with Gasteiger partial charge in [0.1, 0.15) is 17.4 Å². The minimum absolute atomic E-state index is 0.148. The standard InChI is InChI=1S/C25H23ClN4O5/c1-16-19(25(26)30(28-16)13-17-6-5-7-18(12-17)34-2)10-11-24(33)35-15-23(32)29-14-22(31)27-20-8-3-4-9-21(20)29/h3-12H,13-15H2,1-2H3,(H,27,31). The Bertz CT molecular complexity index is 1320. The summed E-state index contributed by atoms with van der Waals surface area (Å²) in [5.41, 5.74) is 3.23. The van der Waals surface area contributed by atoms with E-state index >= 15 is 0 Å². The average molecular weight is 495 g/mol. The quantitative estimate of drug-likeness (QED) is 0.398. The first-order valence-corrected chi connectivity index (χ1v) is 11.1. The molecule has 0 bridgehead atoms. The van der Waals surface area contributed by atoms with Crippen LogP contribution in [0.4, 0.5) is 11.4 Å². The van der Waals surface area contributed by atoms with Gasteiger partial charge in [0.15, 0.2) is 6.61 Å². The number of para-hydroxylation sites is 2. The molecule has 2 aromatic carbocycles. The lowest BCUT2D eigenvalue weighted by Crippen LogP contribution is -2.43. The minimum Gasteiger partial charge on any atom is -0.497 e. The minimum atomic E-state index is -0.718. The number of methoxy groups -OCH3 is 1. The highest BCUT2D eigenvalue weighted by molar-refractivity contribution is 6.31. The predicted molar refractivity (Wildman–Crippen MR) is 131 cm³/mol. The van der Waals surface area contributed by atoms with Gasteiger partial charge in [-0.2, -0.15) is 5.10 Å². The summed E-state index contributed by atoms with van der Waals surface area (Å²) in [5, 5.41) is 7.51. The SMILES string of the molecule is COc1cccc(Cn2nc(C)c(C=CC(=O)OCC(=O)N3CC(=O)Nc4ccccc43)c2Cl)c1. The molecule has 10 heteroatoms. The van der Waals surface area contributed by atoms with E-state index in [0.29, 0.717) is 34.3 Å². The van der Waals surface area contributed by atoms with Crippen LogP contribution in [0.3, 0.4) is 0 Å². The topological polar surface area (TPSA) is 103 Å². The summed E-state index contributed by atoms with van der Waals surface area (Å²) >= 11 is 6.49. The van der Waals surface area contributed by atoms with Crippen molar-refractivity contribution >= 4 is 46.8 Å². The maximum Gasteiger partial charge on any atom is 0.331 e. The van der Waals surface area contributed by atoms with Crippen molar-refractivity contribution in [3.05, 3.63) is 76.6 Å². The molecule has 0 aliphatic carbocycles. The number of carbonyl (C=O) groups is 3. The van der Waals surface area contributed by atoms with Crippen LogP contribution >= 0.6 is 11.6 Å². The smallest absolute Gasteiger partial charge is 0.331 e. The largest absolute Gasteiger partial charge is 0.497 e. The van der Waals surface area contributed by atoms with Crippen LogP contribution in [0.15, 0.2) is 54.6 Å². The van der Waals surface area contributed by atoms with Crippen molar-refractivity contribution in [1.82, 2.24) is 9.78 Å². The second-order valence-corrected chi connectivity index (χ2v) is 8.14. The van der Waals surface area contributed by atoms with Crippen LogP contribution in [0.2, 0.25) is 5.15 Å². The average Bonchev–Trinajstić information content (AvgIpc) is 3.12. The third-order valence-corrected chi connectivity index (χ3v) is 5.77. The zero-order chi connectivity index (χ0) is 24.9. The Kier molecular flexibility index (Phi) is 7.17. The van der Waals surface area contributed by atoms with Gasteiger partial charge in [-0.25, -0.2) is 9.48 Å². The monoisotopic (exact) mass is 494 g/mol. The van der Waals surface area contributed by atoms with Crippen molar-refractivity contribution in [3.63, 3.8) is 0 Å². The molecular formula is C25H23ClN4O5. The number of halogens is 1. The molecule has 0 unspecified atom stereocenters. The van der Waals surface area contributed by atoms with E-state index in [1.165, 1.54) is 17.1 Å². The number of nitrogens with one attached hydrogen (secondary N) is 1. The molecule has 0 fully saturated rings. The molecule has 35 heavy (non-hydrogen) atoms. The molecule has 0 saturated carbocycles. The number of fused-ring (bicyclic) bond motifs is 1. The van der Waals surface area contributed by atoms with Crippen LogP contribution in [0.5, 0.6) is 5.75 Å². The predicted octanol–water partition coefficient (Wildman–Crippen LogP) is 3.44. The third kappa shape index (κ3) is 5.52. The number of carbonyl (C=O) groups excluding carboxylic acids is 3. The Labute approximate surface area is 206 Å². The molecule has 1 aliphatic rings. The second kappa shape index (κ2) is 10.4. The number of nitrogens with zero attached hydrogens (tertiary/aromatic N) is 3. The Morgan fingerprint density at radius 3 is 2.80 bits per heavy atom. The molecule has 0 saturated heterocycles. The zero-order valence-corrected chi connectivity index (χ0v) is 19.9. The summed E-state index contributed by atoms with van der Waals surface area (Å²) in [6, 6.07) is 14.5. The highest BCUT2D eigenvalue weighted by atomic mass is 35.5. The van der Waals surface area contributed by atoms with E-state index in [4.69, 9.17) is 21.1 Å². The van der Waals surface area contributed by atoms with E-state index in [0.717, 1.165) is 11.3 Å². The van der Waals surface area contributed by atoms with E-state index in [-0.39, 0.29) is 12.5 Å². The van der Waals surface area contributed by atoms with E-state index in [2.05, 4.69) is 10.4 Å². The molecule has 3 aromatic rings. The summed E-state index contributed by atoms with van der Waals surface area (Å²) in [6.45, 7) is 1.55. The van der Waals surface area contributed by atoms with Crippen LogP contribution in [0.25, 0.3) is 6.08 Å². The maximum absolute atomic E-state index is 12.6. The molecule has 1 N–H and O–H groups in total. The summed E-state index contributed by atoms with van der Waals surface area (Å²) in [7, 11) is 1.60. The molecule has 2 heterocycles. The Balaban J connectivity index is 1.39. The van der Waals surface area contributed by atoms with Crippen molar-refractivity contribution in [3.8, 4) is 5.75 Å². The molecule has 180 valence electrons. The third-order valence-electron chi connectivity index (χ3n) is 5.37. The van der Waals surface area contributed by atoms with Crippen molar-refractivity contribution in [1.29, 1.82) is 0 Å². The number of hydrogen-bond donors (Lipinski definition) is 1. The fourth-order valence-electron chi connectivity index (χ4n) is 3.67. The normalized spacial score (nSPS) is 12.9. The van der Waals surface area contributed by atoms with Gasteiger partial charge in [0, 0.05) is 11.6 Å². The number of aryl methyl sites for hydroxylation is 1. The van der Waals surface area contributed by atoms with Gasteiger partial charge >= 0.3 is 5.97 Å². The fourth-order valence-corrected chi connectivity index (χ4v) is 3.97. The summed E-state index contributed by atoms with van der Waals surface area (Å²) in [5.74, 6) is -0.814. The first-order valence-electron chi connectivity index (χ1n) is 10.8. The van der Waals surface area contributed by atoms with Gasteiger partial charge in [-0.3, -0.25) is 14.5 Å². The fraction of sp³-hybridized carbons (Fsp3) is 0.200. The number of aromatic nitrogens is 2. The van der Waals surface area contributed by atoms with Crippen LogP contribution in [-0.2, 0) is 25.7 Å². The van der Waals surface area contributed by atoms with Crippen molar-refractivity contribution in [2.24, 2.45) is 0 Å². The lowest BCUT2D eigenvalue weighted by molar-refractivity contribution is -0.143. The van der Waals surface area contributed by atoms with Crippen molar-refractivity contribution in [2.45, 2.75) is 13.5 Å². The van der Waals surface area contributed by atoms with E-state index < -0.39 is 18.5 Å². The molecule has 9 nitrogen and oxygen atoms in total. The molecule has 2 amide bonds. The van der Waals surface area contributed by atoms with Gasteiger partial charge in [0.25, 0.3) is 5.91 Å². The number of esters is 1. The number of rotatable bonds is 7. The number of amides is 2. The number of ether oxygens (including phenoxy) is 2. The number of benzene rings is 2. The van der Waals surface area contributed by atoms with Crippen LogP contribution in [0.1, 0.15) is 16.8 Å². The first kappa shape index (κ1) is 24.0. The Morgan fingerprint density at radius 2 is 2.00 bits per heavy atom. The van der Waals surface area contributed by atoms with Gasteiger partial charge in [0.2, 0.25) is 5.91 Å². The lowest BCUT2D eigenvalue weighted by Gasteiger charge is -2.28. The second-order valence-electron chi connectivity index (χ2n) is 7.79. The van der Waals surface area contributed by atoms with Gasteiger partial charge in [-0.05, 0) is 42.8 Å². The summed E-state index contributed by atoms with van der Waals surface area (Å²) in [6.07, 6.45) is 2.69. The molecular weight excluding hydrogens is 472 g/mol. The lowest BCUT2D eigenvalue weighted by atomic mass is 10.2. The molecule has 4 rings (SSSR count). The van der Waals surface area contributed by atoms with E-state index in [1.54, 1.807) is 43.0 Å². The van der Waals surface area contributed by atoms with Crippen molar-refractivity contribution < 1.29 is 23.9 Å². The van der Waals surface area contributed by atoms with E-state index in [1.807, 2.05) is 24.3 Å². The number of hydrogen-bond acceptors (Lipinski definition) is 6. The zero-order valence-electron chi connectivity index (χ0n) is 19.2.